The summed E-state index contributed by atoms with van der Waals surface area (Å²) in [6.45, 7) is 2.48. The van der Waals surface area contributed by atoms with E-state index in [-0.39, 0.29) is 11.9 Å². The number of hydrogen-bond donors (Lipinski definition) is 1. The molecule has 1 heterocycles. The standard InChI is InChI=1S/C24H29F3N2O3/c1-15(23(28)30)29-12-11-17-13-21(31-2)22(32-3)14-19(17)20(29)6-4-5-16-7-9-18(10-8-16)24(25,26)27/h7-10,13-15,20H,4-6,11-12H2,1-3H3,(H2,28,30)/t15-,20+/m1/s1. The number of carbonyl (C=O) groups is 1. The molecule has 8 heteroatoms. The SMILES string of the molecule is COc1cc2c(cc1OC)[C@H](CCCc1ccc(C(F)(F)F)cc1)N([C@H](C)C(N)=O)CC2. The molecule has 0 aliphatic carbocycles. The summed E-state index contributed by atoms with van der Waals surface area (Å²) >= 11 is 0. The Bertz CT molecular complexity index is 945. The molecule has 32 heavy (non-hydrogen) atoms. The molecule has 0 bridgehead atoms. The molecule has 1 aliphatic rings. The normalized spacial score (nSPS) is 17.5. The van der Waals surface area contributed by atoms with Crippen molar-refractivity contribution in [2.24, 2.45) is 5.73 Å². The highest BCUT2D eigenvalue weighted by Crippen LogP contribution is 2.41. The average molecular weight is 451 g/mol. The minimum atomic E-state index is -4.34. The van der Waals surface area contributed by atoms with Gasteiger partial charge in [-0.05, 0) is 73.6 Å². The molecule has 0 saturated heterocycles. The maximum absolute atomic E-state index is 12.8. The molecule has 0 saturated carbocycles. The molecule has 1 amide bonds. The molecule has 2 aromatic rings. The van der Waals surface area contributed by atoms with Gasteiger partial charge in [-0.3, -0.25) is 9.69 Å². The number of aryl methyl sites for hydroxylation is 1. The molecule has 0 unspecified atom stereocenters. The molecule has 2 aromatic carbocycles. The third kappa shape index (κ3) is 5.18. The van der Waals surface area contributed by atoms with Crippen molar-refractivity contribution in [1.29, 1.82) is 0 Å². The first-order valence-corrected chi connectivity index (χ1v) is 10.6. The van der Waals surface area contributed by atoms with Crippen LogP contribution in [0.15, 0.2) is 36.4 Å². The molecule has 2 N–H and O–H groups in total. The van der Waals surface area contributed by atoms with Crippen LogP contribution in [0.4, 0.5) is 13.2 Å². The molecule has 2 atom stereocenters. The van der Waals surface area contributed by atoms with Crippen molar-refractivity contribution in [3.05, 3.63) is 58.7 Å². The summed E-state index contributed by atoms with van der Waals surface area (Å²) < 4.78 is 49.3. The van der Waals surface area contributed by atoms with Gasteiger partial charge in [-0.25, -0.2) is 0 Å². The second-order valence-electron chi connectivity index (χ2n) is 8.07. The van der Waals surface area contributed by atoms with Crippen molar-refractivity contribution in [2.75, 3.05) is 20.8 Å². The Morgan fingerprint density at radius 2 is 1.78 bits per heavy atom. The molecule has 174 valence electrons. The van der Waals surface area contributed by atoms with E-state index in [0.29, 0.717) is 24.5 Å². The van der Waals surface area contributed by atoms with Crippen LogP contribution in [-0.4, -0.2) is 37.6 Å². The number of fused-ring (bicyclic) bond motifs is 1. The number of nitrogens with zero attached hydrogens (tertiary/aromatic N) is 1. The zero-order valence-corrected chi connectivity index (χ0v) is 18.5. The Labute approximate surface area is 186 Å². The molecule has 5 nitrogen and oxygen atoms in total. The van der Waals surface area contributed by atoms with Crippen LogP contribution in [0.3, 0.4) is 0 Å². The minimum Gasteiger partial charge on any atom is -0.493 e. The van der Waals surface area contributed by atoms with E-state index < -0.39 is 17.8 Å². The molecule has 1 aliphatic heterocycles. The summed E-state index contributed by atoms with van der Waals surface area (Å²) in [5.74, 6) is 0.889. The lowest BCUT2D eigenvalue weighted by atomic mass is 9.87. The number of ether oxygens (including phenoxy) is 2. The molecule has 0 spiro atoms. The molecule has 0 fully saturated rings. The Morgan fingerprint density at radius 3 is 2.34 bits per heavy atom. The van der Waals surface area contributed by atoms with Crippen LogP contribution >= 0.6 is 0 Å². The Kier molecular flexibility index (Phi) is 7.33. The zero-order chi connectivity index (χ0) is 23.5. The third-order valence-electron chi connectivity index (χ3n) is 6.18. The van der Waals surface area contributed by atoms with Crippen LogP contribution in [-0.2, 0) is 23.8 Å². The van der Waals surface area contributed by atoms with Crippen molar-refractivity contribution in [1.82, 2.24) is 4.90 Å². The van der Waals surface area contributed by atoms with Gasteiger partial charge >= 0.3 is 6.18 Å². The van der Waals surface area contributed by atoms with E-state index in [4.69, 9.17) is 15.2 Å². The van der Waals surface area contributed by atoms with Gasteiger partial charge in [0.05, 0.1) is 25.8 Å². The van der Waals surface area contributed by atoms with Gasteiger partial charge < -0.3 is 15.2 Å². The second kappa shape index (κ2) is 9.81. The maximum atomic E-state index is 12.8. The molecular weight excluding hydrogens is 421 g/mol. The Morgan fingerprint density at radius 1 is 1.16 bits per heavy atom. The lowest BCUT2D eigenvalue weighted by molar-refractivity contribution is -0.137. The van der Waals surface area contributed by atoms with Crippen LogP contribution in [0, 0.1) is 0 Å². The number of methoxy groups -OCH3 is 2. The second-order valence-corrected chi connectivity index (χ2v) is 8.07. The lowest BCUT2D eigenvalue weighted by Crippen LogP contribution is -2.47. The number of alkyl halides is 3. The smallest absolute Gasteiger partial charge is 0.416 e. The first-order valence-electron chi connectivity index (χ1n) is 10.6. The first-order chi connectivity index (χ1) is 15.2. The number of hydrogen-bond acceptors (Lipinski definition) is 4. The van der Waals surface area contributed by atoms with Gasteiger partial charge in [-0.2, -0.15) is 13.2 Å². The fraction of sp³-hybridized carbons (Fsp3) is 0.458. The fourth-order valence-corrected chi connectivity index (χ4v) is 4.36. The highest BCUT2D eigenvalue weighted by atomic mass is 19.4. The lowest BCUT2D eigenvalue weighted by Gasteiger charge is -2.40. The maximum Gasteiger partial charge on any atom is 0.416 e. The van der Waals surface area contributed by atoms with Crippen LogP contribution < -0.4 is 15.2 Å². The van der Waals surface area contributed by atoms with Crippen LogP contribution in [0.5, 0.6) is 11.5 Å². The van der Waals surface area contributed by atoms with E-state index in [2.05, 4.69) is 4.90 Å². The number of carbonyl (C=O) groups excluding carboxylic acids is 1. The van der Waals surface area contributed by atoms with Gasteiger partial charge in [0.2, 0.25) is 5.91 Å². The van der Waals surface area contributed by atoms with E-state index in [0.717, 1.165) is 48.1 Å². The van der Waals surface area contributed by atoms with Gasteiger partial charge in [0, 0.05) is 12.6 Å². The Balaban J connectivity index is 1.81. The fourth-order valence-electron chi connectivity index (χ4n) is 4.36. The molecule has 0 aromatic heterocycles. The van der Waals surface area contributed by atoms with Crippen LogP contribution in [0.2, 0.25) is 0 Å². The monoisotopic (exact) mass is 450 g/mol. The molecule has 0 radical (unpaired) electrons. The van der Waals surface area contributed by atoms with E-state index >= 15 is 0 Å². The largest absolute Gasteiger partial charge is 0.493 e. The third-order valence-corrected chi connectivity index (χ3v) is 6.18. The van der Waals surface area contributed by atoms with E-state index in [9.17, 15) is 18.0 Å². The number of benzene rings is 2. The Hall–Kier alpha value is -2.74. The summed E-state index contributed by atoms with van der Waals surface area (Å²) in [6, 6.07) is 8.71. The van der Waals surface area contributed by atoms with Crippen LogP contribution in [0.1, 0.15) is 48.1 Å². The summed E-state index contributed by atoms with van der Waals surface area (Å²) in [6.07, 6.45) is -1.48. The predicted molar refractivity (Wildman–Crippen MR) is 116 cm³/mol. The van der Waals surface area contributed by atoms with E-state index in [1.807, 2.05) is 12.1 Å². The van der Waals surface area contributed by atoms with Crippen molar-refractivity contribution in [2.45, 2.75) is 50.9 Å². The molecule has 3 rings (SSSR count). The zero-order valence-electron chi connectivity index (χ0n) is 18.5. The van der Waals surface area contributed by atoms with Crippen molar-refractivity contribution in [3.8, 4) is 11.5 Å². The minimum absolute atomic E-state index is 0.0597. The van der Waals surface area contributed by atoms with Crippen molar-refractivity contribution >= 4 is 5.91 Å². The van der Waals surface area contributed by atoms with Crippen molar-refractivity contribution in [3.63, 3.8) is 0 Å². The summed E-state index contributed by atoms with van der Waals surface area (Å²) in [5.41, 5.74) is 8.00. The van der Waals surface area contributed by atoms with Gasteiger partial charge in [0.25, 0.3) is 0 Å². The highest BCUT2D eigenvalue weighted by molar-refractivity contribution is 5.79. The first kappa shape index (κ1) is 23.9. The number of rotatable bonds is 8. The van der Waals surface area contributed by atoms with Crippen molar-refractivity contribution < 1.29 is 27.4 Å². The topological polar surface area (TPSA) is 64.8 Å². The summed E-state index contributed by atoms with van der Waals surface area (Å²) in [4.78, 5) is 14.0. The average Bonchev–Trinajstić information content (AvgIpc) is 2.77. The quantitative estimate of drug-likeness (QED) is 0.642. The highest BCUT2D eigenvalue weighted by Gasteiger charge is 2.33. The van der Waals surface area contributed by atoms with Gasteiger partial charge in [-0.1, -0.05) is 12.1 Å². The number of primary amides is 1. The summed E-state index contributed by atoms with van der Waals surface area (Å²) in [7, 11) is 3.17. The number of amides is 1. The summed E-state index contributed by atoms with van der Waals surface area (Å²) in [5, 5.41) is 0. The van der Waals surface area contributed by atoms with Crippen LogP contribution in [0.25, 0.3) is 0 Å². The van der Waals surface area contributed by atoms with E-state index in [1.54, 1.807) is 21.1 Å². The van der Waals surface area contributed by atoms with E-state index in [1.165, 1.54) is 12.1 Å². The predicted octanol–water partition coefficient (Wildman–Crippen LogP) is 4.52. The van der Waals surface area contributed by atoms with Gasteiger partial charge in [0.1, 0.15) is 0 Å². The molecular formula is C24H29F3N2O3. The number of halogens is 3. The number of nitrogens with two attached hydrogens (primary N) is 1. The van der Waals surface area contributed by atoms with Gasteiger partial charge in [0.15, 0.2) is 11.5 Å². The van der Waals surface area contributed by atoms with Gasteiger partial charge in [-0.15, -0.1) is 0 Å².